The molecule has 0 saturated heterocycles. The average Bonchev–Trinajstić information content (AvgIpc) is 2.81. The molecule has 0 aliphatic carbocycles. The highest BCUT2D eigenvalue weighted by Crippen LogP contribution is 2.14. The van der Waals surface area contributed by atoms with Crippen LogP contribution in [0.3, 0.4) is 0 Å². The maximum atomic E-state index is 12.4. The molecule has 2 N–H and O–H groups in total. The van der Waals surface area contributed by atoms with Gasteiger partial charge in [-0.15, -0.1) is 9.42 Å². The van der Waals surface area contributed by atoms with Gasteiger partial charge in [-0.25, -0.2) is 9.78 Å². The molecular formula is C11H16N4O5P+. The van der Waals surface area contributed by atoms with Gasteiger partial charge in [0, 0.05) is 17.2 Å². The van der Waals surface area contributed by atoms with Gasteiger partial charge in [-0.3, -0.25) is 14.3 Å². The van der Waals surface area contributed by atoms with Crippen molar-refractivity contribution in [3.8, 4) is 0 Å². The van der Waals surface area contributed by atoms with Crippen molar-refractivity contribution in [1.29, 1.82) is 0 Å². The number of imidazole rings is 1. The highest BCUT2D eigenvalue weighted by molar-refractivity contribution is 7.32. The molecule has 0 aliphatic heterocycles. The van der Waals surface area contributed by atoms with E-state index in [2.05, 4.69) is 14.5 Å². The van der Waals surface area contributed by atoms with Gasteiger partial charge in [-0.05, 0) is 20.3 Å². The molecule has 10 heteroatoms. The zero-order valence-electron chi connectivity index (χ0n) is 11.6. The van der Waals surface area contributed by atoms with Crippen molar-refractivity contribution in [2.24, 2.45) is 0 Å². The zero-order valence-corrected chi connectivity index (χ0v) is 12.5. The molecule has 0 spiro atoms. The van der Waals surface area contributed by atoms with E-state index in [0.717, 1.165) is 4.57 Å². The summed E-state index contributed by atoms with van der Waals surface area (Å²) in [6, 6.07) is 0.0313. The molecule has 0 radical (unpaired) electrons. The number of fused-ring (bicyclic) bond motifs is 1. The van der Waals surface area contributed by atoms with E-state index in [1.807, 2.05) is 13.8 Å². The first-order chi connectivity index (χ1) is 9.91. The molecule has 0 amide bonds. The SMILES string of the molecule is CC(C)n1cnc2[nH]c(=O)n(CCCO[P+](=O)O)c(=O)c21. The second-order valence-corrected chi connectivity index (χ2v) is 5.49. The van der Waals surface area contributed by atoms with Gasteiger partial charge in [0.25, 0.3) is 5.56 Å². The van der Waals surface area contributed by atoms with Crippen molar-refractivity contribution in [2.75, 3.05) is 6.61 Å². The minimum atomic E-state index is -2.67. The van der Waals surface area contributed by atoms with Gasteiger partial charge in [0.2, 0.25) is 0 Å². The average molecular weight is 315 g/mol. The molecule has 0 fully saturated rings. The number of aromatic amines is 1. The smallest absolute Gasteiger partial charge is 0.322 e. The third kappa shape index (κ3) is 3.26. The fraction of sp³-hybridized carbons (Fsp3) is 0.545. The maximum Gasteiger partial charge on any atom is 0.694 e. The summed E-state index contributed by atoms with van der Waals surface area (Å²) in [4.78, 5) is 39.3. The summed E-state index contributed by atoms with van der Waals surface area (Å²) in [5.41, 5.74) is -0.411. The van der Waals surface area contributed by atoms with Crippen LogP contribution in [0.5, 0.6) is 0 Å². The largest absolute Gasteiger partial charge is 0.694 e. The molecule has 2 aromatic rings. The third-order valence-electron chi connectivity index (χ3n) is 3.00. The van der Waals surface area contributed by atoms with Crippen molar-refractivity contribution >= 4 is 19.4 Å². The van der Waals surface area contributed by atoms with E-state index >= 15 is 0 Å². The van der Waals surface area contributed by atoms with Crippen molar-refractivity contribution in [2.45, 2.75) is 32.9 Å². The fourth-order valence-corrected chi connectivity index (χ4v) is 2.30. The van der Waals surface area contributed by atoms with E-state index in [0.29, 0.717) is 5.52 Å². The van der Waals surface area contributed by atoms with E-state index < -0.39 is 19.5 Å². The first kappa shape index (κ1) is 15.6. The van der Waals surface area contributed by atoms with Gasteiger partial charge in [0.15, 0.2) is 11.2 Å². The molecule has 0 saturated carbocycles. The zero-order chi connectivity index (χ0) is 15.6. The van der Waals surface area contributed by atoms with E-state index in [4.69, 9.17) is 4.89 Å². The molecule has 2 aromatic heterocycles. The van der Waals surface area contributed by atoms with Crippen LogP contribution in [0.25, 0.3) is 11.2 Å². The van der Waals surface area contributed by atoms with E-state index in [1.54, 1.807) is 4.57 Å². The van der Waals surface area contributed by atoms with Gasteiger partial charge < -0.3 is 4.57 Å². The number of hydrogen-bond donors (Lipinski definition) is 2. The monoisotopic (exact) mass is 315 g/mol. The molecule has 0 aliphatic rings. The van der Waals surface area contributed by atoms with Gasteiger partial charge in [-0.2, -0.15) is 0 Å². The standard InChI is InChI=1S/C11H15N4O5P/c1-7(2)15-6-12-9-8(15)10(16)14(11(17)13-9)4-3-5-20-21(18)19/h6-7H,3-5H2,1-2H3,(H-,13,16,17,18,19)/p+1. The lowest BCUT2D eigenvalue weighted by Crippen LogP contribution is -2.36. The Morgan fingerprint density at radius 1 is 1.48 bits per heavy atom. The van der Waals surface area contributed by atoms with Crippen LogP contribution in [-0.2, 0) is 15.6 Å². The second-order valence-electron chi connectivity index (χ2n) is 4.75. The van der Waals surface area contributed by atoms with Crippen LogP contribution < -0.4 is 11.2 Å². The molecule has 1 unspecified atom stereocenters. The summed E-state index contributed by atoms with van der Waals surface area (Å²) in [7, 11) is -2.67. The number of nitrogens with zero attached hydrogens (tertiary/aromatic N) is 3. The molecule has 1 atom stereocenters. The van der Waals surface area contributed by atoms with E-state index in [1.165, 1.54) is 6.33 Å². The second kappa shape index (κ2) is 6.30. The highest BCUT2D eigenvalue weighted by Gasteiger charge is 2.15. The number of nitrogens with one attached hydrogen (secondary N) is 1. The van der Waals surface area contributed by atoms with Crippen LogP contribution in [-0.4, -0.2) is 30.6 Å². The minimum Gasteiger partial charge on any atom is -0.322 e. The Balaban J connectivity index is 2.35. The lowest BCUT2D eigenvalue weighted by Gasteiger charge is -2.08. The summed E-state index contributed by atoms with van der Waals surface area (Å²) in [6.45, 7) is 3.89. The minimum absolute atomic E-state index is 0.0148. The topological polar surface area (TPSA) is 119 Å². The quantitative estimate of drug-likeness (QED) is 0.592. The summed E-state index contributed by atoms with van der Waals surface area (Å²) in [5.74, 6) is 0. The molecule has 0 aromatic carbocycles. The van der Waals surface area contributed by atoms with Crippen LogP contribution in [0, 0.1) is 0 Å². The molecule has 2 heterocycles. The lowest BCUT2D eigenvalue weighted by molar-refractivity contribution is 0.270. The lowest BCUT2D eigenvalue weighted by atomic mass is 10.3. The van der Waals surface area contributed by atoms with Crippen LogP contribution >= 0.6 is 8.25 Å². The Hall–Kier alpha value is -1.83. The van der Waals surface area contributed by atoms with Gasteiger partial charge in [0.1, 0.15) is 6.61 Å². The molecular weight excluding hydrogens is 299 g/mol. The first-order valence-corrected chi connectivity index (χ1v) is 7.53. The number of H-pyrrole nitrogens is 1. The van der Waals surface area contributed by atoms with Crippen LogP contribution in [0.2, 0.25) is 0 Å². The number of hydrogen-bond acceptors (Lipinski definition) is 5. The predicted molar refractivity (Wildman–Crippen MR) is 75.4 cm³/mol. The Kier molecular flexibility index (Phi) is 4.66. The van der Waals surface area contributed by atoms with Crippen LogP contribution in [0.4, 0.5) is 0 Å². The van der Waals surface area contributed by atoms with E-state index in [-0.39, 0.29) is 31.3 Å². The summed E-state index contributed by atoms with van der Waals surface area (Å²) in [5, 5.41) is 0. The Labute approximate surface area is 120 Å². The number of aromatic nitrogens is 4. The van der Waals surface area contributed by atoms with Gasteiger partial charge in [0.05, 0.1) is 6.33 Å². The predicted octanol–water partition coefficient (Wildman–Crippen LogP) is 0.524. The third-order valence-corrected chi connectivity index (χ3v) is 3.40. The molecule has 2 rings (SSSR count). The Bertz CT molecular complexity index is 775. The molecule has 21 heavy (non-hydrogen) atoms. The highest BCUT2D eigenvalue weighted by atomic mass is 31.1. The van der Waals surface area contributed by atoms with Crippen LogP contribution in [0.15, 0.2) is 15.9 Å². The maximum absolute atomic E-state index is 12.4. The molecule has 0 bridgehead atoms. The van der Waals surface area contributed by atoms with Crippen molar-refractivity contribution < 1.29 is 14.0 Å². The summed E-state index contributed by atoms with van der Waals surface area (Å²) >= 11 is 0. The number of rotatable bonds is 6. The Morgan fingerprint density at radius 3 is 2.81 bits per heavy atom. The first-order valence-electron chi connectivity index (χ1n) is 6.40. The van der Waals surface area contributed by atoms with Gasteiger partial charge in [-0.1, -0.05) is 0 Å². The fourth-order valence-electron chi connectivity index (χ4n) is 2.01. The van der Waals surface area contributed by atoms with E-state index in [9.17, 15) is 14.2 Å². The Morgan fingerprint density at radius 2 is 2.19 bits per heavy atom. The summed E-state index contributed by atoms with van der Waals surface area (Å²) in [6.07, 6.45) is 1.78. The molecule has 114 valence electrons. The molecule has 9 nitrogen and oxygen atoms in total. The normalized spacial score (nSPS) is 12.3. The summed E-state index contributed by atoms with van der Waals surface area (Å²) < 4.78 is 17.6. The van der Waals surface area contributed by atoms with Crippen molar-refractivity contribution in [1.82, 2.24) is 19.1 Å². The van der Waals surface area contributed by atoms with Crippen molar-refractivity contribution in [3.05, 3.63) is 27.2 Å². The van der Waals surface area contributed by atoms with Crippen molar-refractivity contribution in [3.63, 3.8) is 0 Å². The van der Waals surface area contributed by atoms with Gasteiger partial charge >= 0.3 is 13.9 Å². The van der Waals surface area contributed by atoms with Crippen LogP contribution in [0.1, 0.15) is 26.3 Å².